The summed E-state index contributed by atoms with van der Waals surface area (Å²) in [6.07, 6.45) is 4.85. The number of nitrogens with two attached hydrogens (primary N) is 1. The van der Waals surface area contributed by atoms with Crippen LogP contribution in [0.5, 0.6) is 0 Å². The number of piperidine rings is 1. The van der Waals surface area contributed by atoms with E-state index in [9.17, 15) is 0 Å². The van der Waals surface area contributed by atoms with Gasteiger partial charge in [-0.3, -0.25) is 4.90 Å². The van der Waals surface area contributed by atoms with Gasteiger partial charge in [-0.05, 0) is 63.0 Å². The Labute approximate surface area is 158 Å². The molecule has 26 heavy (non-hydrogen) atoms. The van der Waals surface area contributed by atoms with Crippen molar-refractivity contribution in [2.24, 2.45) is 5.73 Å². The van der Waals surface area contributed by atoms with Gasteiger partial charge in [0.1, 0.15) is 0 Å². The lowest BCUT2D eigenvalue weighted by Gasteiger charge is -2.30. The van der Waals surface area contributed by atoms with E-state index < -0.39 is 0 Å². The van der Waals surface area contributed by atoms with E-state index in [1.54, 1.807) is 0 Å². The van der Waals surface area contributed by atoms with Gasteiger partial charge in [0.05, 0.1) is 0 Å². The highest BCUT2D eigenvalue weighted by Crippen LogP contribution is 2.13. The van der Waals surface area contributed by atoms with Crippen LogP contribution in [0.1, 0.15) is 36.8 Å². The van der Waals surface area contributed by atoms with Gasteiger partial charge in [-0.1, -0.05) is 60.7 Å². The fourth-order valence-corrected chi connectivity index (χ4v) is 3.74. The zero-order valence-corrected chi connectivity index (χ0v) is 15.9. The van der Waals surface area contributed by atoms with Gasteiger partial charge < -0.3 is 10.6 Å². The molecule has 0 bridgehead atoms. The molecule has 1 aliphatic rings. The predicted molar refractivity (Wildman–Crippen MR) is 110 cm³/mol. The fraction of sp³-hybridized carbons (Fsp3) is 0.478. The molecule has 1 fully saturated rings. The molecule has 0 aromatic heterocycles. The van der Waals surface area contributed by atoms with Crippen LogP contribution in [0.2, 0.25) is 0 Å². The minimum atomic E-state index is 0.429. The standard InChI is InChI=1S/C23H33N3/c24-23-13-17-25(18-14-23)15-7-8-16-26(19-21-9-3-1-4-10-21)20-22-11-5-2-6-12-22/h1-6,9-12,23H,7-8,13-20,24H2. The fourth-order valence-electron chi connectivity index (χ4n) is 3.74. The summed E-state index contributed by atoms with van der Waals surface area (Å²) in [6.45, 7) is 6.77. The van der Waals surface area contributed by atoms with E-state index in [4.69, 9.17) is 5.73 Å². The Hall–Kier alpha value is -1.68. The van der Waals surface area contributed by atoms with Crippen molar-refractivity contribution in [3.63, 3.8) is 0 Å². The average Bonchev–Trinajstić information content (AvgIpc) is 2.68. The first-order chi connectivity index (χ1) is 12.8. The number of unbranched alkanes of at least 4 members (excludes halogenated alkanes) is 1. The molecule has 1 aliphatic heterocycles. The minimum Gasteiger partial charge on any atom is -0.328 e. The van der Waals surface area contributed by atoms with Crippen LogP contribution in [0.25, 0.3) is 0 Å². The molecule has 3 nitrogen and oxygen atoms in total. The van der Waals surface area contributed by atoms with Crippen LogP contribution in [-0.2, 0) is 13.1 Å². The van der Waals surface area contributed by atoms with Crippen LogP contribution < -0.4 is 5.73 Å². The number of hydrogen-bond acceptors (Lipinski definition) is 3. The van der Waals surface area contributed by atoms with E-state index in [2.05, 4.69) is 70.5 Å². The van der Waals surface area contributed by atoms with Crippen molar-refractivity contribution >= 4 is 0 Å². The lowest BCUT2D eigenvalue weighted by molar-refractivity contribution is 0.199. The lowest BCUT2D eigenvalue weighted by Crippen LogP contribution is -2.40. The first-order valence-corrected chi connectivity index (χ1v) is 10.1. The second kappa shape index (κ2) is 10.5. The number of benzene rings is 2. The highest BCUT2D eigenvalue weighted by Gasteiger charge is 2.15. The summed E-state index contributed by atoms with van der Waals surface area (Å²) in [7, 11) is 0. The molecular formula is C23H33N3. The number of rotatable bonds is 9. The molecule has 0 spiro atoms. The zero-order chi connectivity index (χ0) is 18.0. The van der Waals surface area contributed by atoms with Crippen molar-refractivity contribution in [1.82, 2.24) is 9.80 Å². The number of hydrogen-bond donors (Lipinski definition) is 1. The smallest absolute Gasteiger partial charge is 0.0237 e. The van der Waals surface area contributed by atoms with E-state index in [0.717, 1.165) is 32.5 Å². The van der Waals surface area contributed by atoms with Crippen LogP contribution in [0.4, 0.5) is 0 Å². The van der Waals surface area contributed by atoms with E-state index in [1.165, 1.54) is 43.6 Å². The van der Waals surface area contributed by atoms with Gasteiger partial charge in [-0.25, -0.2) is 0 Å². The molecule has 2 N–H and O–H groups in total. The Morgan fingerprint density at radius 1 is 0.808 bits per heavy atom. The zero-order valence-electron chi connectivity index (χ0n) is 15.9. The Morgan fingerprint density at radius 3 is 1.88 bits per heavy atom. The molecular weight excluding hydrogens is 318 g/mol. The maximum absolute atomic E-state index is 6.00. The highest BCUT2D eigenvalue weighted by molar-refractivity contribution is 5.17. The normalized spacial score (nSPS) is 16.2. The summed E-state index contributed by atoms with van der Waals surface area (Å²) in [4.78, 5) is 5.17. The summed E-state index contributed by atoms with van der Waals surface area (Å²) in [5.41, 5.74) is 8.80. The molecule has 3 rings (SSSR count). The van der Waals surface area contributed by atoms with Crippen molar-refractivity contribution in [3.05, 3.63) is 71.8 Å². The third kappa shape index (κ3) is 6.56. The lowest BCUT2D eigenvalue weighted by atomic mass is 10.1. The summed E-state index contributed by atoms with van der Waals surface area (Å²) in [6, 6.07) is 22.1. The predicted octanol–water partition coefficient (Wildman–Crippen LogP) is 3.89. The monoisotopic (exact) mass is 351 g/mol. The summed E-state index contributed by atoms with van der Waals surface area (Å²) in [5, 5.41) is 0. The van der Waals surface area contributed by atoms with E-state index in [0.29, 0.717) is 6.04 Å². The third-order valence-electron chi connectivity index (χ3n) is 5.33. The second-order valence-corrected chi connectivity index (χ2v) is 7.57. The molecule has 140 valence electrons. The second-order valence-electron chi connectivity index (χ2n) is 7.57. The van der Waals surface area contributed by atoms with Crippen molar-refractivity contribution in [2.75, 3.05) is 26.2 Å². The van der Waals surface area contributed by atoms with Crippen LogP contribution in [-0.4, -0.2) is 42.0 Å². The molecule has 0 atom stereocenters. The number of nitrogens with zero attached hydrogens (tertiary/aromatic N) is 2. The van der Waals surface area contributed by atoms with Gasteiger partial charge in [0.25, 0.3) is 0 Å². The van der Waals surface area contributed by atoms with Crippen LogP contribution in [0.3, 0.4) is 0 Å². The van der Waals surface area contributed by atoms with Crippen LogP contribution in [0.15, 0.2) is 60.7 Å². The van der Waals surface area contributed by atoms with Crippen molar-refractivity contribution < 1.29 is 0 Å². The van der Waals surface area contributed by atoms with Crippen LogP contribution >= 0.6 is 0 Å². The Kier molecular flexibility index (Phi) is 7.68. The van der Waals surface area contributed by atoms with Crippen molar-refractivity contribution in [2.45, 2.75) is 44.8 Å². The van der Waals surface area contributed by atoms with E-state index in [-0.39, 0.29) is 0 Å². The number of likely N-dealkylation sites (tertiary alicyclic amines) is 1. The highest BCUT2D eigenvalue weighted by atomic mass is 15.1. The molecule has 1 saturated heterocycles. The molecule has 1 heterocycles. The summed E-state index contributed by atoms with van der Waals surface area (Å²) < 4.78 is 0. The maximum Gasteiger partial charge on any atom is 0.0237 e. The minimum absolute atomic E-state index is 0.429. The molecule has 0 saturated carbocycles. The molecule has 0 radical (unpaired) electrons. The average molecular weight is 352 g/mol. The molecule has 0 amide bonds. The quantitative estimate of drug-likeness (QED) is 0.696. The molecule has 3 heteroatoms. The molecule has 0 aliphatic carbocycles. The van der Waals surface area contributed by atoms with E-state index >= 15 is 0 Å². The summed E-state index contributed by atoms with van der Waals surface area (Å²) in [5.74, 6) is 0. The largest absolute Gasteiger partial charge is 0.328 e. The van der Waals surface area contributed by atoms with Gasteiger partial charge in [0, 0.05) is 19.1 Å². The van der Waals surface area contributed by atoms with Gasteiger partial charge in [0.2, 0.25) is 0 Å². The molecule has 0 unspecified atom stereocenters. The molecule has 2 aromatic rings. The molecule has 2 aromatic carbocycles. The van der Waals surface area contributed by atoms with Gasteiger partial charge in [-0.2, -0.15) is 0 Å². The SMILES string of the molecule is NC1CCN(CCCCN(Cc2ccccc2)Cc2ccccc2)CC1. The Bertz CT molecular complexity index is 564. The van der Waals surface area contributed by atoms with Crippen molar-refractivity contribution in [3.8, 4) is 0 Å². The maximum atomic E-state index is 6.00. The van der Waals surface area contributed by atoms with E-state index in [1.807, 2.05) is 0 Å². The summed E-state index contributed by atoms with van der Waals surface area (Å²) >= 11 is 0. The Balaban J connectivity index is 1.47. The van der Waals surface area contributed by atoms with Gasteiger partial charge >= 0.3 is 0 Å². The van der Waals surface area contributed by atoms with Crippen molar-refractivity contribution in [1.29, 1.82) is 0 Å². The third-order valence-corrected chi connectivity index (χ3v) is 5.33. The Morgan fingerprint density at radius 2 is 1.35 bits per heavy atom. The first-order valence-electron chi connectivity index (χ1n) is 10.1. The first kappa shape index (κ1) is 19.1. The topological polar surface area (TPSA) is 32.5 Å². The van der Waals surface area contributed by atoms with Gasteiger partial charge in [-0.15, -0.1) is 0 Å². The van der Waals surface area contributed by atoms with Crippen LogP contribution in [0, 0.1) is 0 Å². The van der Waals surface area contributed by atoms with Gasteiger partial charge in [0.15, 0.2) is 0 Å².